The van der Waals surface area contributed by atoms with Crippen LogP contribution in [0.25, 0.3) is 0 Å². The number of aliphatic hydroxyl groups is 2. The smallest absolute Gasteiger partial charge is 0.264 e. The van der Waals surface area contributed by atoms with Crippen LogP contribution in [0.3, 0.4) is 0 Å². The van der Waals surface area contributed by atoms with Crippen LogP contribution in [0.2, 0.25) is 0 Å². The summed E-state index contributed by atoms with van der Waals surface area (Å²) in [7, 11) is -7.69. The van der Waals surface area contributed by atoms with Crippen molar-refractivity contribution in [2.45, 2.75) is 32.1 Å². The number of nitrogens with one attached hydrogen (secondary N) is 2. The molecule has 16 heteroatoms. The first-order valence-corrected chi connectivity index (χ1v) is 15.7. The van der Waals surface area contributed by atoms with Crippen LogP contribution in [0, 0.1) is 10.8 Å². The van der Waals surface area contributed by atoms with E-state index < -0.39 is 20.2 Å². The molecule has 0 aliphatic carbocycles. The molecule has 0 radical (unpaired) electrons. The Morgan fingerprint density at radius 2 is 0.927 bits per heavy atom. The number of hydrogen-bond donors (Lipinski definition) is 8. The van der Waals surface area contributed by atoms with E-state index in [0.29, 0.717) is 24.3 Å². The lowest BCUT2D eigenvalue weighted by Crippen LogP contribution is -2.10. The number of nitrogen functional groups attached to an aromatic ring is 2. The average molecular weight is 621 g/mol. The molecule has 14 nitrogen and oxygen atoms in total. The lowest BCUT2D eigenvalue weighted by molar-refractivity contribution is 0.279. The van der Waals surface area contributed by atoms with Crippen LogP contribution in [0.5, 0.6) is 11.5 Å². The highest BCUT2D eigenvalue weighted by Gasteiger charge is 2.02. The van der Waals surface area contributed by atoms with Gasteiger partial charge in [0.25, 0.3) is 20.2 Å². The molecule has 0 saturated heterocycles. The average Bonchev–Trinajstić information content (AvgIpc) is 2.90. The van der Waals surface area contributed by atoms with E-state index in [9.17, 15) is 16.8 Å². The van der Waals surface area contributed by atoms with Crippen molar-refractivity contribution in [1.82, 2.24) is 0 Å². The van der Waals surface area contributed by atoms with Crippen LogP contribution >= 0.6 is 0 Å². The highest BCUT2D eigenvalue weighted by atomic mass is 32.2. The van der Waals surface area contributed by atoms with Gasteiger partial charge in [0.15, 0.2) is 0 Å². The standard InChI is InChI=1S/C19H24N4O2.2C3H8O4S/c20-18(21)14-4-8-16(9-5-14)24-12-2-1-3-13-25-17-10-6-15(7-11-17)19(22)23;2*4-2-1-3-8(5,6)7/h4-11H,1-3,12-13H2,(H3,20,21)(H3,22,23);2*4H,1-3H2,(H,5,6,7). The molecule has 0 spiro atoms. The molecular formula is C25H40N4O10S2. The molecule has 0 amide bonds. The van der Waals surface area contributed by atoms with Crippen LogP contribution in [-0.2, 0) is 20.2 Å². The largest absolute Gasteiger partial charge is 0.494 e. The van der Waals surface area contributed by atoms with Crippen molar-refractivity contribution in [2.24, 2.45) is 11.5 Å². The van der Waals surface area contributed by atoms with Crippen molar-refractivity contribution in [3.05, 3.63) is 59.7 Å². The zero-order valence-electron chi connectivity index (χ0n) is 22.6. The first-order chi connectivity index (χ1) is 19.2. The van der Waals surface area contributed by atoms with Gasteiger partial charge < -0.3 is 31.2 Å². The van der Waals surface area contributed by atoms with E-state index in [0.717, 1.165) is 30.8 Å². The first kappa shape index (κ1) is 37.7. The Hall–Kier alpha value is -3.28. The molecule has 0 aliphatic heterocycles. The minimum atomic E-state index is -3.85. The highest BCUT2D eigenvalue weighted by molar-refractivity contribution is 7.86. The predicted octanol–water partition coefficient (Wildman–Crippen LogP) is 1.40. The summed E-state index contributed by atoms with van der Waals surface area (Å²) in [5, 5.41) is 30.8. The molecule has 0 heterocycles. The van der Waals surface area contributed by atoms with E-state index in [1.807, 2.05) is 24.3 Å². The fraction of sp³-hybridized carbons (Fsp3) is 0.440. The Labute approximate surface area is 240 Å². The van der Waals surface area contributed by atoms with Crippen molar-refractivity contribution in [2.75, 3.05) is 37.9 Å². The monoisotopic (exact) mass is 620 g/mol. The lowest BCUT2D eigenvalue weighted by atomic mass is 10.2. The van der Waals surface area contributed by atoms with E-state index in [1.165, 1.54) is 0 Å². The molecule has 41 heavy (non-hydrogen) atoms. The number of amidine groups is 2. The number of ether oxygens (including phenoxy) is 2. The quantitative estimate of drug-likeness (QED) is 0.0572. The van der Waals surface area contributed by atoms with Gasteiger partial charge in [-0.25, -0.2) is 0 Å². The highest BCUT2D eigenvalue weighted by Crippen LogP contribution is 2.14. The molecule has 0 atom stereocenters. The number of aliphatic hydroxyl groups excluding tert-OH is 2. The van der Waals surface area contributed by atoms with E-state index in [1.54, 1.807) is 24.3 Å². The second-order valence-electron chi connectivity index (χ2n) is 8.36. The second kappa shape index (κ2) is 20.6. The number of unbranched alkanes of at least 4 members (excludes halogenated alkanes) is 2. The van der Waals surface area contributed by atoms with Crippen molar-refractivity contribution < 1.29 is 45.6 Å². The summed E-state index contributed by atoms with van der Waals surface area (Å²) >= 11 is 0. The molecule has 232 valence electrons. The van der Waals surface area contributed by atoms with E-state index in [-0.39, 0.29) is 49.2 Å². The number of nitrogens with two attached hydrogens (primary N) is 2. The minimum Gasteiger partial charge on any atom is -0.494 e. The Morgan fingerprint density at radius 3 is 1.15 bits per heavy atom. The van der Waals surface area contributed by atoms with Gasteiger partial charge in [-0.3, -0.25) is 19.9 Å². The van der Waals surface area contributed by atoms with Gasteiger partial charge in [-0.2, -0.15) is 16.8 Å². The van der Waals surface area contributed by atoms with Crippen LogP contribution in [0.4, 0.5) is 0 Å². The Bertz CT molecular complexity index is 1140. The van der Waals surface area contributed by atoms with Gasteiger partial charge in [0.2, 0.25) is 0 Å². The molecule has 0 aromatic heterocycles. The summed E-state index contributed by atoms with van der Waals surface area (Å²) in [6, 6.07) is 14.4. The molecule has 0 unspecified atom stereocenters. The maximum Gasteiger partial charge on any atom is 0.264 e. The molecular weight excluding hydrogens is 580 g/mol. The van der Waals surface area contributed by atoms with Crippen LogP contribution in [0.15, 0.2) is 48.5 Å². The van der Waals surface area contributed by atoms with Gasteiger partial charge in [-0.1, -0.05) is 0 Å². The molecule has 2 aromatic rings. The SMILES string of the molecule is N=C(N)c1ccc(OCCCCCOc2ccc(C(=N)N)cc2)cc1.O=S(=O)(O)CCCO.O=S(=O)(O)CCCO. The predicted molar refractivity (Wildman–Crippen MR) is 156 cm³/mol. The molecule has 0 aliphatic rings. The summed E-state index contributed by atoms with van der Waals surface area (Å²) < 4.78 is 66.7. The van der Waals surface area contributed by atoms with Crippen LogP contribution in [0.1, 0.15) is 43.2 Å². The number of hydrogen-bond acceptors (Lipinski definition) is 10. The Kier molecular flexibility index (Phi) is 18.9. The summed E-state index contributed by atoms with van der Waals surface area (Å²) in [5.74, 6) is 0.969. The number of rotatable bonds is 16. The van der Waals surface area contributed by atoms with E-state index in [2.05, 4.69) is 0 Å². The summed E-state index contributed by atoms with van der Waals surface area (Å²) in [5.41, 5.74) is 12.2. The van der Waals surface area contributed by atoms with E-state index >= 15 is 0 Å². The Morgan fingerprint density at radius 1 is 0.610 bits per heavy atom. The normalized spacial score (nSPS) is 10.8. The molecule has 2 aromatic carbocycles. The van der Waals surface area contributed by atoms with Gasteiger partial charge in [-0.05, 0) is 80.6 Å². The molecule has 2 rings (SSSR count). The first-order valence-electron chi connectivity index (χ1n) is 12.4. The fourth-order valence-electron chi connectivity index (χ4n) is 2.72. The maximum atomic E-state index is 9.83. The van der Waals surface area contributed by atoms with Crippen LogP contribution < -0.4 is 20.9 Å². The van der Waals surface area contributed by atoms with Crippen molar-refractivity contribution in [3.8, 4) is 11.5 Å². The summed E-state index contributed by atoms with van der Waals surface area (Å²) in [4.78, 5) is 0. The van der Waals surface area contributed by atoms with Crippen molar-refractivity contribution in [1.29, 1.82) is 10.8 Å². The molecule has 0 fully saturated rings. The maximum absolute atomic E-state index is 9.83. The summed E-state index contributed by atoms with van der Waals surface area (Å²) in [6.45, 7) is 0.874. The van der Waals surface area contributed by atoms with Gasteiger partial charge >= 0.3 is 0 Å². The zero-order valence-corrected chi connectivity index (χ0v) is 24.2. The Balaban J connectivity index is 0.000000820. The third kappa shape index (κ3) is 22.1. The minimum absolute atomic E-state index is 0.0579. The zero-order chi connectivity index (χ0) is 31.3. The fourth-order valence-corrected chi connectivity index (χ4v) is 3.70. The van der Waals surface area contributed by atoms with Gasteiger partial charge in [0, 0.05) is 24.3 Å². The topological polar surface area (TPSA) is 267 Å². The second-order valence-corrected chi connectivity index (χ2v) is 11.5. The summed E-state index contributed by atoms with van der Waals surface area (Å²) in [6.07, 6.45) is 3.09. The van der Waals surface area contributed by atoms with Gasteiger partial charge in [0.05, 0.1) is 24.7 Å². The van der Waals surface area contributed by atoms with Gasteiger partial charge in [-0.15, -0.1) is 0 Å². The number of benzene rings is 2. The van der Waals surface area contributed by atoms with Crippen molar-refractivity contribution in [3.63, 3.8) is 0 Å². The third-order valence-electron chi connectivity index (χ3n) is 4.78. The van der Waals surface area contributed by atoms with Crippen molar-refractivity contribution >= 4 is 31.9 Å². The molecule has 10 N–H and O–H groups in total. The van der Waals surface area contributed by atoms with Crippen LogP contribution in [-0.4, -0.2) is 85.8 Å². The lowest BCUT2D eigenvalue weighted by Gasteiger charge is -2.08. The molecule has 0 saturated carbocycles. The van der Waals surface area contributed by atoms with Gasteiger partial charge in [0.1, 0.15) is 23.2 Å². The van der Waals surface area contributed by atoms with E-state index in [4.69, 9.17) is 51.1 Å². The third-order valence-corrected chi connectivity index (χ3v) is 6.39. The molecule has 0 bridgehead atoms.